The summed E-state index contributed by atoms with van der Waals surface area (Å²) in [5.74, 6) is 0. The van der Waals surface area contributed by atoms with Crippen LogP contribution in [0.15, 0.2) is 41.2 Å². The molecule has 8 heteroatoms. The highest BCUT2D eigenvalue weighted by Crippen LogP contribution is 2.35. The topological polar surface area (TPSA) is 46.2 Å². The van der Waals surface area contributed by atoms with Gasteiger partial charge in [-0.25, -0.2) is 8.42 Å². The van der Waals surface area contributed by atoms with Gasteiger partial charge >= 0.3 is 0 Å². The van der Waals surface area contributed by atoms with E-state index in [0.717, 1.165) is 9.35 Å². The van der Waals surface area contributed by atoms with Gasteiger partial charge in [0.15, 0.2) is 0 Å². The molecule has 0 saturated carbocycles. The second-order valence-electron chi connectivity index (χ2n) is 3.72. The number of anilines is 1. The zero-order valence-electron chi connectivity index (χ0n) is 9.58. The molecule has 102 valence electrons. The van der Waals surface area contributed by atoms with Crippen molar-refractivity contribution in [2.45, 2.75) is 11.1 Å². The molecule has 1 N–H and O–H groups in total. The highest BCUT2D eigenvalue weighted by molar-refractivity contribution is 9.11. The van der Waals surface area contributed by atoms with E-state index in [4.69, 9.17) is 0 Å². The van der Waals surface area contributed by atoms with Crippen LogP contribution in [-0.4, -0.2) is 8.42 Å². The van der Waals surface area contributed by atoms with E-state index in [2.05, 4.69) is 52.5 Å². The van der Waals surface area contributed by atoms with E-state index in [1.807, 2.05) is 13.0 Å². The Morgan fingerprint density at radius 1 is 1.16 bits per heavy atom. The third kappa shape index (κ3) is 3.41. The van der Waals surface area contributed by atoms with E-state index in [1.54, 1.807) is 18.2 Å². The lowest BCUT2D eigenvalue weighted by Crippen LogP contribution is -2.12. The predicted molar refractivity (Wildman–Crippen MR) is 89.4 cm³/mol. The van der Waals surface area contributed by atoms with Crippen LogP contribution in [0.3, 0.4) is 0 Å². The maximum absolute atomic E-state index is 12.3. The van der Waals surface area contributed by atoms with E-state index in [9.17, 15) is 8.42 Å². The molecule has 0 bridgehead atoms. The van der Waals surface area contributed by atoms with Crippen molar-refractivity contribution in [3.05, 3.63) is 42.6 Å². The lowest BCUT2D eigenvalue weighted by molar-refractivity contribution is 0.603. The van der Waals surface area contributed by atoms with Crippen molar-refractivity contribution in [1.29, 1.82) is 0 Å². The molecule has 3 nitrogen and oxygen atoms in total. The fourth-order valence-corrected chi connectivity index (χ4v) is 6.13. The average molecular weight is 490 g/mol. The summed E-state index contributed by atoms with van der Waals surface area (Å²) in [7, 11) is -3.58. The first-order chi connectivity index (χ1) is 8.81. The van der Waals surface area contributed by atoms with E-state index in [0.29, 0.717) is 14.6 Å². The minimum Gasteiger partial charge on any atom is -0.277 e. The Kier molecular flexibility index (Phi) is 4.77. The molecule has 1 aromatic heterocycles. The quantitative estimate of drug-likeness (QED) is 0.648. The largest absolute Gasteiger partial charge is 0.277 e. The maximum atomic E-state index is 12.3. The molecule has 0 spiro atoms. The number of para-hydroxylation sites is 1. The lowest BCUT2D eigenvalue weighted by Gasteiger charge is -2.10. The molecule has 1 heterocycles. The molecule has 0 radical (unpaired) electrons. The summed E-state index contributed by atoms with van der Waals surface area (Å²) in [6, 6.07) is 7.01. The van der Waals surface area contributed by atoms with Crippen LogP contribution in [0.2, 0.25) is 0 Å². The number of hydrogen-bond acceptors (Lipinski definition) is 3. The summed E-state index contributed by atoms with van der Waals surface area (Å²) < 4.78 is 29.6. The summed E-state index contributed by atoms with van der Waals surface area (Å²) in [5.41, 5.74) is 1.39. The molecule has 19 heavy (non-hydrogen) atoms. The highest BCUT2D eigenvalue weighted by atomic mass is 79.9. The first-order valence-electron chi connectivity index (χ1n) is 5.04. The predicted octanol–water partition coefficient (Wildman–Crippen LogP) is 5.14. The summed E-state index contributed by atoms with van der Waals surface area (Å²) in [6.07, 6.45) is 0. The van der Waals surface area contributed by atoms with Crippen LogP contribution in [0.25, 0.3) is 0 Å². The molecular weight excluding hydrogens is 482 g/mol. The molecule has 0 aliphatic carbocycles. The normalized spacial score (nSPS) is 11.6. The first kappa shape index (κ1) is 15.5. The van der Waals surface area contributed by atoms with Crippen LogP contribution in [0.4, 0.5) is 5.69 Å². The third-order valence-electron chi connectivity index (χ3n) is 2.30. The number of rotatable bonds is 3. The Morgan fingerprint density at radius 2 is 1.74 bits per heavy atom. The van der Waals surface area contributed by atoms with Gasteiger partial charge in [-0.05, 0) is 78.5 Å². The number of sulfonamides is 1. The van der Waals surface area contributed by atoms with Gasteiger partial charge in [0.25, 0.3) is 10.0 Å². The van der Waals surface area contributed by atoms with Crippen LogP contribution in [-0.2, 0) is 10.0 Å². The van der Waals surface area contributed by atoms with Gasteiger partial charge in [-0.3, -0.25) is 4.72 Å². The zero-order chi connectivity index (χ0) is 14.2. The number of thiophene rings is 1. The van der Waals surface area contributed by atoms with Crippen LogP contribution in [0.5, 0.6) is 0 Å². The molecular formula is C11H8Br3NO2S2. The molecule has 0 unspecified atom stereocenters. The Morgan fingerprint density at radius 3 is 2.21 bits per heavy atom. The van der Waals surface area contributed by atoms with Gasteiger partial charge in [-0.15, -0.1) is 11.3 Å². The maximum Gasteiger partial charge on any atom is 0.271 e. The fraction of sp³-hybridized carbons (Fsp3) is 0.0909. The molecule has 2 rings (SSSR count). The van der Waals surface area contributed by atoms with Crippen molar-refractivity contribution in [3.63, 3.8) is 0 Å². The van der Waals surface area contributed by atoms with Crippen LogP contribution in [0, 0.1) is 6.92 Å². The Labute approximate surface area is 140 Å². The third-order valence-corrected chi connectivity index (χ3v) is 7.58. The summed E-state index contributed by atoms with van der Waals surface area (Å²) >= 11 is 11.2. The smallest absolute Gasteiger partial charge is 0.271 e. The van der Waals surface area contributed by atoms with Crippen LogP contribution in [0.1, 0.15) is 5.56 Å². The minimum atomic E-state index is -3.58. The van der Waals surface area contributed by atoms with E-state index < -0.39 is 10.0 Å². The van der Waals surface area contributed by atoms with Gasteiger partial charge in [0.1, 0.15) is 4.21 Å². The van der Waals surface area contributed by atoms with Crippen molar-refractivity contribution in [3.8, 4) is 0 Å². The van der Waals surface area contributed by atoms with Crippen molar-refractivity contribution < 1.29 is 8.42 Å². The monoisotopic (exact) mass is 487 g/mol. The van der Waals surface area contributed by atoms with Gasteiger partial charge in [-0.1, -0.05) is 6.07 Å². The van der Waals surface area contributed by atoms with Crippen LogP contribution < -0.4 is 4.72 Å². The number of halogens is 3. The number of nitrogens with one attached hydrogen (secondary N) is 1. The van der Waals surface area contributed by atoms with Gasteiger partial charge in [0.2, 0.25) is 0 Å². The minimum absolute atomic E-state index is 0.277. The second kappa shape index (κ2) is 5.85. The molecule has 0 saturated heterocycles. The molecule has 1 aromatic carbocycles. The first-order valence-corrected chi connectivity index (χ1v) is 9.72. The molecule has 2 aromatic rings. The lowest BCUT2D eigenvalue weighted by atomic mass is 10.3. The standard InChI is InChI=1S/C11H8Br3NO2S2/c1-6-5-9(18-11(6)14)19(16,17)15-10-7(12)3-2-4-8(10)13/h2-5,15H,1H3. The average Bonchev–Trinajstić information content (AvgIpc) is 2.66. The Bertz CT molecular complexity index is 686. The summed E-state index contributed by atoms with van der Waals surface area (Å²) in [5, 5.41) is 0. The Hall–Kier alpha value is 0.110. The fourth-order valence-electron chi connectivity index (χ4n) is 1.34. The second-order valence-corrected chi connectivity index (χ2v) is 9.71. The Balaban J connectivity index is 2.42. The summed E-state index contributed by atoms with van der Waals surface area (Å²) in [6.45, 7) is 1.86. The van der Waals surface area contributed by atoms with Gasteiger partial charge in [0, 0.05) is 8.95 Å². The van der Waals surface area contributed by atoms with Crippen molar-refractivity contribution >= 4 is 74.8 Å². The number of hydrogen-bond donors (Lipinski definition) is 1. The van der Waals surface area contributed by atoms with Crippen molar-refractivity contribution in [2.24, 2.45) is 0 Å². The summed E-state index contributed by atoms with van der Waals surface area (Å²) in [4.78, 5) is 0. The van der Waals surface area contributed by atoms with Gasteiger partial charge in [0.05, 0.1) is 9.47 Å². The van der Waals surface area contributed by atoms with Gasteiger partial charge < -0.3 is 0 Å². The molecule has 0 aliphatic heterocycles. The van der Waals surface area contributed by atoms with E-state index >= 15 is 0 Å². The zero-order valence-corrected chi connectivity index (χ0v) is 16.0. The highest BCUT2D eigenvalue weighted by Gasteiger charge is 2.20. The molecule has 0 amide bonds. The van der Waals surface area contributed by atoms with E-state index in [-0.39, 0.29) is 4.21 Å². The molecule has 0 aliphatic rings. The van der Waals surface area contributed by atoms with Gasteiger partial charge in [-0.2, -0.15) is 0 Å². The SMILES string of the molecule is Cc1cc(S(=O)(=O)Nc2c(Br)cccc2Br)sc1Br. The number of aryl methyl sites for hydroxylation is 1. The van der Waals surface area contributed by atoms with E-state index in [1.165, 1.54) is 11.3 Å². The number of benzene rings is 1. The molecule has 0 fully saturated rings. The van der Waals surface area contributed by atoms with Crippen molar-refractivity contribution in [2.75, 3.05) is 4.72 Å². The van der Waals surface area contributed by atoms with Crippen molar-refractivity contribution in [1.82, 2.24) is 0 Å². The van der Waals surface area contributed by atoms with Crippen LogP contribution >= 0.6 is 59.1 Å². The molecule has 0 atom stereocenters.